The minimum absolute atomic E-state index is 0.327. The third-order valence-corrected chi connectivity index (χ3v) is 2.79. The Labute approximate surface area is 98.1 Å². The van der Waals surface area contributed by atoms with Crippen molar-refractivity contribution in [3.8, 4) is 0 Å². The molecule has 3 heteroatoms. The van der Waals surface area contributed by atoms with E-state index in [4.69, 9.17) is 4.74 Å². The third-order valence-electron chi connectivity index (χ3n) is 2.01. The van der Waals surface area contributed by atoms with Crippen LogP contribution < -0.4 is 0 Å². The predicted molar refractivity (Wildman–Crippen MR) is 63.6 cm³/mol. The van der Waals surface area contributed by atoms with Gasteiger partial charge < -0.3 is 4.74 Å². The molecule has 0 amide bonds. The number of hydrogen-bond donors (Lipinski definition) is 0. The molecule has 0 aliphatic heterocycles. The van der Waals surface area contributed by atoms with Gasteiger partial charge in [0.2, 0.25) is 0 Å². The van der Waals surface area contributed by atoms with Crippen molar-refractivity contribution >= 4 is 21.9 Å². The highest BCUT2D eigenvalue weighted by Gasteiger charge is 2.33. The first kappa shape index (κ1) is 12.0. The van der Waals surface area contributed by atoms with Crippen LogP contribution >= 0.6 is 15.9 Å². The van der Waals surface area contributed by atoms with E-state index in [9.17, 15) is 4.79 Å². The van der Waals surface area contributed by atoms with Crippen molar-refractivity contribution in [3.05, 3.63) is 48.2 Å². The van der Waals surface area contributed by atoms with E-state index in [0.717, 1.165) is 5.56 Å². The summed E-state index contributed by atoms with van der Waals surface area (Å²) in [6, 6.07) is 9.44. The average Bonchev–Trinajstić information content (AvgIpc) is 2.27. The number of hydrogen-bond acceptors (Lipinski definition) is 2. The lowest BCUT2D eigenvalue weighted by molar-refractivity contribution is -0.140. The second-order valence-corrected chi connectivity index (χ2v) is 4.83. The molecule has 0 saturated carbocycles. The summed E-state index contributed by atoms with van der Waals surface area (Å²) in [7, 11) is 0. The molecule has 0 spiro atoms. The van der Waals surface area contributed by atoms with Crippen molar-refractivity contribution in [2.24, 2.45) is 0 Å². The van der Waals surface area contributed by atoms with Gasteiger partial charge in [-0.3, -0.25) is 0 Å². The van der Waals surface area contributed by atoms with Gasteiger partial charge in [0.1, 0.15) is 4.32 Å². The number of benzene rings is 1. The number of carbonyl (C=O) groups is 1. The lowest BCUT2D eigenvalue weighted by Crippen LogP contribution is -2.26. The fourth-order valence-corrected chi connectivity index (χ4v) is 1.47. The van der Waals surface area contributed by atoms with E-state index in [-0.39, 0.29) is 5.97 Å². The summed E-state index contributed by atoms with van der Waals surface area (Å²) in [5.41, 5.74) is 0.875. The van der Waals surface area contributed by atoms with Crippen LogP contribution in [0.2, 0.25) is 0 Å². The molecule has 1 unspecified atom stereocenters. The van der Waals surface area contributed by atoms with Crippen molar-refractivity contribution in [1.29, 1.82) is 0 Å². The first-order valence-corrected chi connectivity index (χ1v) is 5.45. The smallest absolute Gasteiger partial charge is 0.331 e. The fraction of sp³-hybridized carbons (Fsp3) is 0.250. The Morgan fingerprint density at radius 3 is 2.53 bits per heavy atom. The molecule has 2 nitrogen and oxygen atoms in total. The first-order valence-electron chi connectivity index (χ1n) is 4.65. The van der Waals surface area contributed by atoms with Crippen molar-refractivity contribution in [3.63, 3.8) is 0 Å². The molecule has 1 atom stereocenters. The summed E-state index contributed by atoms with van der Waals surface area (Å²) in [5, 5.41) is 0. The average molecular weight is 269 g/mol. The van der Waals surface area contributed by atoms with Crippen molar-refractivity contribution in [2.45, 2.75) is 18.2 Å². The molecule has 0 aliphatic rings. The Bertz CT molecular complexity index is 355. The molecule has 80 valence electrons. The Hall–Kier alpha value is -1.09. The summed E-state index contributed by atoms with van der Waals surface area (Å²) in [5.74, 6) is -0.327. The number of carbonyl (C=O) groups excluding carboxylic acids is 1. The fourth-order valence-electron chi connectivity index (χ4n) is 1.11. The lowest BCUT2D eigenvalue weighted by Gasteiger charge is -2.19. The Morgan fingerprint density at radius 1 is 1.40 bits per heavy atom. The van der Waals surface area contributed by atoms with Crippen molar-refractivity contribution in [2.75, 3.05) is 0 Å². The van der Waals surface area contributed by atoms with Crippen LogP contribution in [0.1, 0.15) is 19.4 Å². The Morgan fingerprint density at radius 2 is 2.00 bits per heavy atom. The Balaban J connectivity index is 2.87. The summed E-state index contributed by atoms with van der Waals surface area (Å²) >= 11 is 3.38. The molecule has 0 heterocycles. The molecule has 0 saturated heterocycles. The standard InChI is InChI=1S/C12H13BrO2/c1-3-9-15-11(14)12(2,13)10-7-5-4-6-8-10/h3-9H,1-2H3. The van der Waals surface area contributed by atoms with Crippen molar-refractivity contribution < 1.29 is 9.53 Å². The molecule has 0 aromatic heterocycles. The second-order valence-electron chi connectivity index (χ2n) is 3.24. The minimum Gasteiger partial charge on any atom is -0.434 e. The molecular weight excluding hydrogens is 256 g/mol. The zero-order valence-corrected chi connectivity index (χ0v) is 10.3. The highest BCUT2D eigenvalue weighted by atomic mass is 79.9. The second kappa shape index (κ2) is 5.12. The van der Waals surface area contributed by atoms with Gasteiger partial charge in [-0.05, 0) is 19.4 Å². The van der Waals surface area contributed by atoms with Gasteiger partial charge in [-0.1, -0.05) is 52.3 Å². The number of allylic oxidation sites excluding steroid dienone is 1. The Kier molecular flexibility index (Phi) is 4.09. The van der Waals surface area contributed by atoms with Crippen LogP contribution in [0.5, 0.6) is 0 Å². The van der Waals surface area contributed by atoms with E-state index in [1.54, 1.807) is 19.9 Å². The summed E-state index contributed by atoms with van der Waals surface area (Å²) in [6.45, 7) is 3.57. The number of rotatable bonds is 3. The maximum absolute atomic E-state index is 11.7. The number of ether oxygens (including phenoxy) is 1. The first-order chi connectivity index (χ1) is 7.09. The molecule has 0 bridgehead atoms. The topological polar surface area (TPSA) is 26.3 Å². The minimum atomic E-state index is -0.798. The van der Waals surface area contributed by atoms with Gasteiger partial charge in [0.05, 0.1) is 6.26 Å². The quantitative estimate of drug-likeness (QED) is 0.477. The van der Waals surface area contributed by atoms with Gasteiger partial charge in [-0.15, -0.1) is 0 Å². The molecule has 0 aliphatic carbocycles. The van der Waals surface area contributed by atoms with Gasteiger partial charge in [-0.25, -0.2) is 4.79 Å². The molecular formula is C12H13BrO2. The van der Waals surface area contributed by atoms with E-state index in [1.807, 2.05) is 30.3 Å². The van der Waals surface area contributed by atoms with Crippen LogP contribution in [0.4, 0.5) is 0 Å². The SMILES string of the molecule is CC=COC(=O)C(C)(Br)c1ccccc1. The van der Waals surface area contributed by atoms with Gasteiger partial charge in [0.15, 0.2) is 0 Å². The summed E-state index contributed by atoms with van der Waals surface area (Å²) < 4.78 is 4.15. The number of alkyl halides is 1. The van der Waals surface area contributed by atoms with E-state index in [1.165, 1.54) is 6.26 Å². The van der Waals surface area contributed by atoms with Crippen LogP contribution in [-0.4, -0.2) is 5.97 Å². The molecule has 1 aromatic carbocycles. The molecule has 1 rings (SSSR count). The number of halogens is 1. The van der Waals surface area contributed by atoms with E-state index in [2.05, 4.69) is 15.9 Å². The van der Waals surface area contributed by atoms with Crippen LogP contribution in [0, 0.1) is 0 Å². The highest BCUT2D eigenvalue weighted by Crippen LogP contribution is 2.32. The van der Waals surface area contributed by atoms with Crippen LogP contribution in [0.25, 0.3) is 0 Å². The largest absolute Gasteiger partial charge is 0.434 e. The van der Waals surface area contributed by atoms with Gasteiger partial charge >= 0.3 is 5.97 Å². The van der Waals surface area contributed by atoms with E-state index >= 15 is 0 Å². The van der Waals surface area contributed by atoms with E-state index < -0.39 is 4.32 Å². The molecule has 0 fully saturated rings. The lowest BCUT2D eigenvalue weighted by atomic mass is 10.0. The molecule has 1 aromatic rings. The maximum Gasteiger partial charge on any atom is 0.331 e. The normalized spacial score (nSPS) is 14.9. The maximum atomic E-state index is 11.7. The van der Waals surface area contributed by atoms with Gasteiger partial charge in [-0.2, -0.15) is 0 Å². The van der Waals surface area contributed by atoms with Gasteiger partial charge in [0.25, 0.3) is 0 Å². The monoisotopic (exact) mass is 268 g/mol. The van der Waals surface area contributed by atoms with Crippen LogP contribution in [0.3, 0.4) is 0 Å². The predicted octanol–water partition coefficient (Wildman–Crippen LogP) is 3.37. The summed E-state index contributed by atoms with van der Waals surface area (Å²) in [4.78, 5) is 11.7. The van der Waals surface area contributed by atoms with Crippen LogP contribution in [0.15, 0.2) is 42.7 Å². The highest BCUT2D eigenvalue weighted by molar-refractivity contribution is 9.10. The zero-order chi connectivity index (χ0) is 11.3. The molecule has 15 heavy (non-hydrogen) atoms. The summed E-state index contributed by atoms with van der Waals surface area (Å²) in [6.07, 6.45) is 3.05. The third kappa shape index (κ3) is 2.93. The number of esters is 1. The zero-order valence-electron chi connectivity index (χ0n) is 8.74. The van der Waals surface area contributed by atoms with Crippen LogP contribution in [-0.2, 0) is 13.9 Å². The van der Waals surface area contributed by atoms with Gasteiger partial charge in [0, 0.05) is 0 Å². The van der Waals surface area contributed by atoms with Crippen molar-refractivity contribution in [1.82, 2.24) is 0 Å². The van der Waals surface area contributed by atoms with E-state index in [0.29, 0.717) is 0 Å². The molecule has 0 radical (unpaired) electrons. The molecule has 0 N–H and O–H groups in total.